The van der Waals surface area contributed by atoms with Crippen LogP contribution >= 0.6 is 0 Å². The SMILES string of the molecule is Cc1cc(C)cc(COC(=O)Cc2ccccc2N)c1. The summed E-state index contributed by atoms with van der Waals surface area (Å²) < 4.78 is 5.30. The van der Waals surface area contributed by atoms with Gasteiger partial charge in [0.25, 0.3) is 0 Å². The fourth-order valence-corrected chi connectivity index (χ4v) is 2.22. The van der Waals surface area contributed by atoms with Gasteiger partial charge in [-0.1, -0.05) is 47.5 Å². The molecule has 0 saturated carbocycles. The van der Waals surface area contributed by atoms with Gasteiger partial charge in [0.15, 0.2) is 0 Å². The molecule has 0 fully saturated rings. The molecule has 2 rings (SSSR count). The van der Waals surface area contributed by atoms with Crippen LogP contribution in [-0.4, -0.2) is 5.97 Å². The molecule has 2 aromatic rings. The first kappa shape index (κ1) is 14.1. The molecule has 20 heavy (non-hydrogen) atoms. The van der Waals surface area contributed by atoms with E-state index in [1.165, 1.54) is 11.1 Å². The second-order valence-corrected chi connectivity index (χ2v) is 5.03. The summed E-state index contributed by atoms with van der Waals surface area (Å²) in [7, 11) is 0. The third-order valence-electron chi connectivity index (χ3n) is 3.07. The van der Waals surface area contributed by atoms with Crippen LogP contribution in [0.2, 0.25) is 0 Å². The van der Waals surface area contributed by atoms with Crippen molar-refractivity contribution >= 4 is 11.7 Å². The van der Waals surface area contributed by atoms with Crippen molar-refractivity contribution in [1.82, 2.24) is 0 Å². The first-order chi connectivity index (χ1) is 9.54. The molecule has 104 valence electrons. The van der Waals surface area contributed by atoms with Gasteiger partial charge in [-0.25, -0.2) is 0 Å². The third-order valence-corrected chi connectivity index (χ3v) is 3.07. The van der Waals surface area contributed by atoms with Crippen LogP contribution in [0.15, 0.2) is 42.5 Å². The topological polar surface area (TPSA) is 52.3 Å². The van der Waals surface area contributed by atoms with Gasteiger partial charge in [0.2, 0.25) is 0 Å². The minimum absolute atomic E-state index is 0.206. The Balaban J connectivity index is 1.94. The number of ether oxygens (including phenoxy) is 1. The van der Waals surface area contributed by atoms with Gasteiger partial charge >= 0.3 is 5.97 Å². The molecular formula is C17H19NO2. The number of carbonyl (C=O) groups is 1. The van der Waals surface area contributed by atoms with E-state index in [1.807, 2.05) is 44.2 Å². The Morgan fingerprint density at radius 1 is 1.10 bits per heavy atom. The van der Waals surface area contributed by atoms with Crippen molar-refractivity contribution in [2.24, 2.45) is 0 Å². The van der Waals surface area contributed by atoms with Crippen molar-refractivity contribution in [3.63, 3.8) is 0 Å². The first-order valence-corrected chi connectivity index (χ1v) is 6.61. The molecule has 0 atom stereocenters. The number of aryl methyl sites for hydroxylation is 2. The van der Waals surface area contributed by atoms with Gasteiger partial charge in [-0.05, 0) is 31.0 Å². The summed E-state index contributed by atoms with van der Waals surface area (Å²) in [6.45, 7) is 4.36. The maximum atomic E-state index is 11.8. The van der Waals surface area contributed by atoms with Gasteiger partial charge in [0.05, 0.1) is 6.42 Å². The van der Waals surface area contributed by atoms with Gasteiger partial charge < -0.3 is 10.5 Å². The van der Waals surface area contributed by atoms with Crippen LogP contribution in [0.1, 0.15) is 22.3 Å². The van der Waals surface area contributed by atoms with E-state index in [9.17, 15) is 4.79 Å². The Morgan fingerprint density at radius 3 is 2.40 bits per heavy atom. The van der Waals surface area contributed by atoms with Crippen LogP contribution < -0.4 is 5.73 Å². The van der Waals surface area contributed by atoms with Crippen LogP contribution in [-0.2, 0) is 22.6 Å². The number of carbonyl (C=O) groups excluding carboxylic acids is 1. The number of nitrogens with two attached hydrogens (primary N) is 1. The summed E-state index contributed by atoms with van der Waals surface area (Å²) in [5.41, 5.74) is 10.6. The van der Waals surface area contributed by atoms with Gasteiger partial charge in [-0.3, -0.25) is 4.79 Å². The van der Waals surface area contributed by atoms with Crippen molar-refractivity contribution < 1.29 is 9.53 Å². The number of hydrogen-bond donors (Lipinski definition) is 1. The predicted octanol–water partition coefficient (Wildman–Crippen LogP) is 3.17. The molecule has 3 nitrogen and oxygen atoms in total. The lowest BCUT2D eigenvalue weighted by atomic mass is 10.1. The van der Waals surface area contributed by atoms with Gasteiger partial charge in [-0.2, -0.15) is 0 Å². The first-order valence-electron chi connectivity index (χ1n) is 6.61. The highest BCUT2D eigenvalue weighted by Crippen LogP contribution is 2.13. The zero-order chi connectivity index (χ0) is 14.5. The van der Waals surface area contributed by atoms with E-state index in [0.717, 1.165) is 11.1 Å². The zero-order valence-electron chi connectivity index (χ0n) is 11.8. The molecular weight excluding hydrogens is 250 g/mol. The van der Waals surface area contributed by atoms with Gasteiger partial charge in [-0.15, -0.1) is 0 Å². The Bertz CT molecular complexity index is 600. The van der Waals surface area contributed by atoms with E-state index in [4.69, 9.17) is 10.5 Å². The molecule has 0 aliphatic carbocycles. The smallest absolute Gasteiger partial charge is 0.310 e. The van der Waals surface area contributed by atoms with Crippen molar-refractivity contribution in [1.29, 1.82) is 0 Å². The van der Waals surface area contributed by atoms with E-state index >= 15 is 0 Å². The van der Waals surface area contributed by atoms with E-state index in [2.05, 4.69) is 6.07 Å². The molecule has 0 saturated heterocycles. The van der Waals surface area contributed by atoms with Crippen LogP contribution in [0, 0.1) is 13.8 Å². The lowest BCUT2D eigenvalue weighted by Crippen LogP contribution is -2.09. The molecule has 3 heteroatoms. The summed E-state index contributed by atoms with van der Waals surface area (Å²) in [4.78, 5) is 11.8. The Morgan fingerprint density at radius 2 is 1.75 bits per heavy atom. The lowest BCUT2D eigenvalue weighted by molar-refractivity contribution is -0.144. The third kappa shape index (κ3) is 3.85. The maximum absolute atomic E-state index is 11.8. The van der Waals surface area contributed by atoms with Crippen LogP contribution in [0.25, 0.3) is 0 Å². The highest BCUT2D eigenvalue weighted by molar-refractivity contribution is 5.74. The summed E-state index contributed by atoms with van der Waals surface area (Å²) in [6.07, 6.45) is 0.206. The lowest BCUT2D eigenvalue weighted by Gasteiger charge is -2.08. The van der Waals surface area contributed by atoms with Crippen molar-refractivity contribution in [2.75, 3.05) is 5.73 Å². The van der Waals surface area contributed by atoms with Gasteiger partial charge in [0, 0.05) is 5.69 Å². The highest BCUT2D eigenvalue weighted by Gasteiger charge is 2.08. The van der Waals surface area contributed by atoms with Gasteiger partial charge in [0.1, 0.15) is 6.61 Å². The number of rotatable bonds is 4. The average molecular weight is 269 g/mol. The number of esters is 1. The molecule has 0 aliphatic heterocycles. The minimum atomic E-state index is -0.262. The highest BCUT2D eigenvalue weighted by atomic mass is 16.5. The average Bonchev–Trinajstić information content (AvgIpc) is 2.38. The molecule has 0 heterocycles. The van der Waals surface area contributed by atoms with Crippen molar-refractivity contribution in [3.05, 3.63) is 64.7 Å². The van der Waals surface area contributed by atoms with E-state index in [0.29, 0.717) is 12.3 Å². The molecule has 0 spiro atoms. The van der Waals surface area contributed by atoms with Crippen LogP contribution in [0.3, 0.4) is 0 Å². The number of nitrogen functional groups attached to an aromatic ring is 1. The maximum Gasteiger partial charge on any atom is 0.310 e. The summed E-state index contributed by atoms with van der Waals surface area (Å²) in [5.74, 6) is -0.262. The fraction of sp³-hybridized carbons (Fsp3) is 0.235. The quantitative estimate of drug-likeness (QED) is 0.685. The van der Waals surface area contributed by atoms with Crippen LogP contribution in [0.5, 0.6) is 0 Å². The fourth-order valence-electron chi connectivity index (χ4n) is 2.22. The molecule has 2 aromatic carbocycles. The molecule has 2 N–H and O–H groups in total. The standard InChI is InChI=1S/C17H19NO2/c1-12-7-13(2)9-14(8-12)11-20-17(19)10-15-5-3-4-6-16(15)18/h3-9H,10-11,18H2,1-2H3. The van der Waals surface area contributed by atoms with E-state index < -0.39 is 0 Å². The molecule has 0 unspecified atom stereocenters. The summed E-state index contributed by atoms with van der Waals surface area (Å²) in [6, 6.07) is 13.5. The van der Waals surface area contributed by atoms with E-state index in [-0.39, 0.29) is 12.4 Å². The van der Waals surface area contributed by atoms with E-state index in [1.54, 1.807) is 6.07 Å². The normalized spacial score (nSPS) is 10.3. The summed E-state index contributed by atoms with van der Waals surface area (Å²) >= 11 is 0. The molecule has 0 radical (unpaired) electrons. The van der Waals surface area contributed by atoms with Crippen LogP contribution in [0.4, 0.5) is 5.69 Å². The molecule has 0 aliphatic rings. The Labute approximate surface area is 119 Å². The molecule has 0 amide bonds. The largest absolute Gasteiger partial charge is 0.461 e. The number of hydrogen-bond acceptors (Lipinski definition) is 3. The second-order valence-electron chi connectivity index (χ2n) is 5.03. The number of benzene rings is 2. The Hall–Kier alpha value is -2.29. The number of anilines is 1. The monoisotopic (exact) mass is 269 g/mol. The second kappa shape index (κ2) is 6.24. The Kier molecular flexibility index (Phi) is 4.41. The zero-order valence-corrected chi connectivity index (χ0v) is 11.8. The molecule has 0 bridgehead atoms. The molecule has 0 aromatic heterocycles. The predicted molar refractivity (Wildman–Crippen MR) is 80.3 cm³/mol. The summed E-state index contributed by atoms with van der Waals surface area (Å²) in [5, 5.41) is 0. The minimum Gasteiger partial charge on any atom is -0.461 e. The van der Waals surface area contributed by atoms with Crippen molar-refractivity contribution in [3.8, 4) is 0 Å². The van der Waals surface area contributed by atoms with Crippen molar-refractivity contribution in [2.45, 2.75) is 26.9 Å². The number of para-hydroxylation sites is 1.